The largest absolute Gasteiger partial charge is 0.351 e. The van der Waals surface area contributed by atoms with Gasteiger partial charge in [0.1, 0.15) is 6.33 Å². The van der Waals surface area contributed by atoms with E-state index < -0.39 is 11.7 Å². The van der Waals surface area contributed by atoms with Gasteiger partial charge < -0.3 is 5.32 Å². The van der Waals surface area contributed by atoms with Crippen LogP contribution in [0.15, 0.2) is 11.1 Å². The minimum atomic E-state index is -0.540. The van der Waals surface area contributed by atoms with E-state index in [1.165, 1.54) is 6.33 Å². The van der Waals surface area contributed by atoms with E-state index in [0.717, 1.165) is 4.68 Å². The summed E-state index contributed by atoms with van der Waals surface area (Å²) in [6, 6.07) is -0.529. The van der Waals surface area contributed by atoms with Gasteiger partial charge in [-0.1, -0.05) is 0 Å². The molecule has 0 saturated carbocycles. The fourth-order valence-electron chi connectivity index (χ4n) is 0.774. The van der Waals surface area contributed by atoms with Crippen LogP contribution in [0.1, 0.15) is 20.8 Å². The number of carbonyl (C=O) groups excluding carboxylic acids is 1. The van der Waals surface area contributed by atoms with Gasteiger partial charge >= 0.3 is 11.7 Å². The number of aromatic nitrogens is 3. The number of amides is 1. The minimum Gasteiger partial charge on any atom is -0.331 e. The quantitative estimate of drug-likeness (QED) is 0.592. The van der Waals surface area contributed by atoms with Gasteiger partial charge in [-0.25, -0.2) is 9.59 Å². The topological polar surface area (TPSA) is 79.8 Å². The lowest BCUT2D eigenvalue weighted by atomic mass is 10.1. The molecule has 0 radical (unpaired) electrons. The lowest BCUT2D eigenvalue weighted by Gasteiger charge is -2.19. The van der Waals surface area contributed by atoms with Crippen LogP contribution >= 0.6 is 0 Å². The summed E-state index contributed by atoms with van der Waals surface area (Å²) in [5.41, 5.74) is -0.920. The average Bonchev–Trinajstić information content (AvgIpc) is 2.30. The second kappa shape index (κ2) is 3.04. The van der Waals surface area contributed by atoms with Gasteiger partial charge in [0.15, 0.2) is 0 Å². The molecule has 72 valence electrons. The second-order valence-corrected chi connectivity index (χ2v) is 3.69. The third-order valence-corrected chi connectivity index (χ3v) is 1.23. The number of H-pyrrole nitrogens is 1. The van der Waals surface area contributed by atoms with Crippen molar-refractivity contribution in [3.05, 3.63) is 16.8 Å². The molecule has 0 unspecified atom stereocenters. The molecule has 0 aliphatic heterocycles. The smallest absolute Gasteiger partial charge is 0.331 e. The van der Waals surface area contributed by atoms with Gasteiger partial charge in [0.05, 0.1) is 0 Å². The molecule has 0 fully saturated rings. The molecular formula is C7H12N4O2. The van der Waals surface area contributed by atoms with Crippen LogP contribution in [0.2, 0.25) is 0 Å². The number of hydrogen-bond donors (Lipinski definition) is 2. The summed E-state index contributed by atoms with van der Waals surface area (Å²) in [5.74, 6) is 0. The molecule has 2 N–H and O–H groups in total. The van der Waals surface area contributed by atoms with Crippen LogP contribution < -0.4 is 11.0 Å². The average molecular weight is 184 g/mol. The van der Waals surface area contributed by atoms with Crippen molar-refractivity contribution in [1.29, 1.82) is 0 Å². The van der Waals surface area contributed by atoms with Crippen LogP contribution in [0.4, 0.5) is 4.79 Å². The van der Waals surface area contributed by atoms with Gasteiger partial charge in [0, 0.05) is 5.54 Å². The van der Waals surface area contributed by atoms with Crippen LogP contribution in [0, 0.1) is 0 Å². The maximum Gasteiger partial charge on any atom is 0.351 e. The van der Waals surface area contributed by atoms with Crippen molar-refractivity contribution < 1.29 is 4.79 Å². The van der Waals surface area contributed by atoms with E-state index >= 15 is 0 Å². The maximum atomic E-state index is 11.3. The number of rotatable bonds is 0. The summed E-state index contributed by atoms with van der Waals surface area (Å²) in [4.78, 5) is 24.5. The second-order valence-electron chi connectivity index (χ2n) is 3.69. The Hall–Kier alpha value is -1.59. The van der Waals surface area contributed by atoms with Crippen molar-refractivity contribution >= 4 is 6.03 Å². The third kappa shape index (κ3) is 2.43. The first-order chi connectivity index (χ1) is 5.90. The summed E-state index contributed by atoms with van der Waals surface area (Å²) >= 11 is 0. The SMILES string of the molecule is CC(C)(C)NC(=O)n1nc[nH]c1=O. The van der Waals surface area contributed by atoms with Crippen LogP contribution in [0.5, 0.6) is 0 Å². The summed E-state index contributed by atoms with van der Waals surface area (Å²) in [6.07, 6.45) is 1.17. The predicted octanol–water partition coefficient (Wildman–Crippen LogP) is -0.0724. The van der Waals surface area contributed by atoms with Crippen LogP contribution in [-0.4, -0.2) is 26.3 Å². The zero-order chi connectivity index (χ0) is 10.1. The van der Waals surface area contributed by atoms with Crippen LogP contribution in [-0.2, 0) is 0 Å². The first kappa shape index (κ1) is 9.50. The molecule has 1 aromatic heterocycles. The first-order valence-electron chi connectivity index (χ1n) is 3.85. The van der Waals surface area contributed by atoms with E-state index in [9.17, 15) is 9.59 Å². The highest BCUT2D eigenvalue weighted by Gasteiger charge is 2.16. The zero-order valence-electron chi connectivity index (χ0n) is 7.79. The summed E-state index contributed by atoms with van der Waals surface area (Å²) in [5, 5.41) is 6.14. The molecular weight excluding hydrogens is 172 g/mol. The van der Waals surface area contributed by atoms with E-state index in [4.69, 9.17) is 0 Å². The molecule has 0 atom stereocenters. The fraction of sp³-hybridized carbons (Fsp3) is 0.571. The molecule has 6 nitrogen and oxygen atoms in total. The Labute approximate surface area is 75.0 Å². The third-order valence-electron chi connectivity index (χ3n) is 1.23. The minimum absolute atomic E-state index is 0.379. The number of nitrogens with one attached hydrogen (secondary N) is 2. The van der Waals surface area contributed by atoms with Crippen molar-refractivity contribution in [2.75, 3.05) is 0 Å². The highest BCUT2D eigenvalue weighted by Crippen LogP contribution is 1.97. The molecule has 13 heavy (non-hydrogen) atoms. The Bertz CT molecular complexity index is 357. The standard InChI is InChI=1S/C7H12N4O2/c1-7(2,3)10-6(13)11-5(12)8-4-9-11/h4H,1-3H3,(H,10,13)(H,8,9,12). The van der Waals surface area contributed by atoms with E-state index in [0.29, 0.717) is 0 Å². The summed E-state index contributed by atoms with van der Waals surface area (Å²) < 4.78 is 0.741. The molecule has 1 heterocycles. The van der Waals surface area contributed by atoms with Gasteiger partial charge in [0.25, 0.3) is 0 Å². The fourth-order valence-corrected chi connectivity index (χ4v) is 0.774. The van der Waals surface area contributed by atoms with Crippen molar-refractivity contribution in [3.8, 4) is 0 Å². The number of carbonyl (C=O) groups is 1. The molecule has 0 spiro atoms. The van der Waals surface area contributed by atoms with Crippen LogP contribution in [0.3, 0.4) is 0 Å². The highest BCUT2D eigenvalue weighted by atomic mass is 16.2. The molecule has 0 aliphatic rings. The van der Waals surface area contributed by atoms with Gasteiger partial charge in [0.2, 0.25) is 0 Å². The monoisotopic (exact) mass is 184 g/mol. The molecule has 1 aromatic rings. The molecule has 0 bridgehead atoms. The zero-order valence-corrected chi connectivity index (χ0v) is 7.79. The number of nitrogens with zero attached hydrogens (tertiary/aromatic N) is 2. The Balaban J connectivity index is 2.82. The van der Waals surface area contributed by atoms with E-state index in [1.54, 1.807) is 0 Å². The van der Waals surface area contributed by atoms with Crippen molar-refractivity contribution in [2.45, 2.75) is 26.3 Å². The first-order valence-corrected chi connectivity index (χ1v) is 3.85. The van der Waals surface area contributed by atoms with Gasteiger partial charge in [-0.05, 0) is 20.8 Å². The Kier molecular flexibility index (Phi) is 2.22. The molecule has 0 aromatic carbocycles. The van der Waals surface area contributed by atoms with Crippen LogP contribution in [0.25, 0.3) is 0 Å². The predicted molar refractivity (Wildman–Crippen MR) is 46.5 cm³/mol. The van der Waals surface area contributed by atoms with Crippen molar-refractivity contribution in [3.63, 3.8) is 0 Å². The number of hydrogen-bond acceptors (Lipinski definition) is 3. The van der Waals surface area contributed by atoms with Gasteiger partial charge in [-0.3, -0.25) is 4.98 Å². The van der Waals surface area contributed by atoms with Gasteiger partial charge in [-0.2, -0.15) is 0 Å². The maximum absolute atomic E-state index is 11.3. The molecule has 1 amide bonds. The van der Waals surface area contributed by atoms with E-state index in [1.807, 2.05) is 20.8 Å². The van der Waals surface area contributed by atoms with E-state index in [-0.39, 0.29) is 5.54 Å². The highest BCUT2D eigenvalue weighted by molar-refractivity contribution is 5.75. The van der Waals surface area contributed by atoms with Crippen molar-refractivity contribution in [1.82, 2.24) is 20.1 Å². The number of aromatic amines is 1. The van der Waals surface area contributed by atoms with E-state index in [2.05, 4.69) is 15.4 Å². The Morgan fingerprint density at radius 2 is 2.23 bits per heavy atom. The normalized spacial score (nSPS) is 11.3. The summed E-state index contributed by atoms with van der Waals surface area (Å²) in [7, 11) is 0. The van der Waals surface area contributed by atoms with Crippen molar-refractivity contribution in [2.24, 2.45) is 0 Å². The molecule has 0 saturated heterocycles. The lowest BCUT2D eigenvalue weighted by molar-refractivity contribution is 0.230. The van der Waals surface area contributed by atoms with Gasteiger partial charge in [-0.15, -0.1) is 9.78 Å². The summed E-state index contributed by atoms with van der Waals surface area (Å²) in [6.45, 7) is 5.47. The lowest BCUT2D eigenvalue weighted by Crippen LogP contribution is -2.46. The molecule has 0 aliphatic carbocycles. The Morgan fingerprint density at radius 1 is 1.62 bits per heavy atom. The molecule has 1 rings (SSSR count). The molecule has 6 heteroatoms. The Morgan fingerprint density at radius 3 is 2.62 bits per heavy atom.